The molecule has 0 aliphatic rings. The molecule has 1 aromatic carbocycles. The number of amides is 1. The number of benzene rings is 1. The van der Waals surface area contributed by atoms with E-state index in [4.69, 9.17) is 16.3 Å². The summed E-state index contributed by atoms with van der Waals surface area (Å²) in [5, 5.41) is 7.76. The molecule has 0 bridgehead atoms. The summed E-state index contributed by atoms with van der Waals surface area (Å²) in [6.45, 7) is 1.48. The Kier molecular flexibility index (Phi) is 3.78. The van der Waals surface area contributed by atoms with Gasteiger partial charge in [-0.25, -0.2) is 0 Å². The standard InChI is InChI=1S/C11H10ClN3O2S/c1-7(16)15(2)8-5-3-4-6-9(8)17-11-14-13-10(12)18-11/h3-6H,1-2H3. The Morgan fingerprint density at radius 1 is 1.39 bits per heavy atom. The molecule has 0 unspecified atom stereocenters. The molecule has 5 nitrogen and oxygen atoms in total. The summed E-state index contributed by atoms with van der Waals surface area (Å²) in [4.78, 5) is 12.9. The summed E-state index contributed by atoms with van der Waals surface area (Å²) in [6.07, 6.45) is 0. The van der Waals surface area contributed by atoms with Crippen molar-refractivity contribution in [3.63, 3.8) is 0 Å². The summed E-state index contributed by atoms with van der Waals surface area (Å²) in [5.74, 6) is 0.448. The third-order valence-electron chi connectivity index (χ3n) is 2.28. The fraction of sp³-hybridized carbons (Fsp3) is 0.182. The lowest BCUT2D eigenvalue weighted by molar-refractivity contribution is -0.116. The third-order valence-corrected chi connectivity index (χ3v) is 3.17. The van der Waals surface area contributed by atoms with E-state index < -0.39 is 0 Å². The van der Waals surface area contributed by atoms with Crippen molar-refractivity contribution in [3.05, 3.63) is 28.7 Å². The summed E-state index contributed by atoms with van der Waals surface area (Å²) in [7, 11) is 1.68. The first-order chi connectivity index (χ1) is 8.58. The number of ether oxygens (including phenoxy) is 1. The molecule has 0 spiro atoms. The Morgan fingerprint density at radius 3 is 2.72 bits per heavy atom. The monoisotopic (exact) mass is 283 g/mol. The maximum Gasteiger partial charge on any atom is 0.300 e. The number of hydrogen-bond donors (Lipinski definition) is 0. The minimum absolute atomic E-state index is 0.0821. The normalized spacial score (nSPS) is 10.2. The van der Waals surface area contributed by atoms with Gasteiger partial charge in [-0.15, -0.1) is 5.10 Å². The number of carbonyl (C=O) groups excluding carboxylic acids is 1. The number of carbonyl (C=O) groups is 1. The maximum absolute atomic E-state index is 11.4. The molecule has 0 aliphatic heterocycles. The summed E-state index contributed by atoms with van der Waals surface area (Å²) < 4.78 is 5.88. The molecule has 1 amide bonds. The van der Waals surface area contributed by atoms with Crippen LogP contribution in [0.5, 0.6) is 10.9 Å². The molecule has 1 heterocycles. The van der Waals surface area contributed by atoms with Gasteiger partial charge in [-0.2, -0.15) is 0 Å². The summed E-state index contributed by atoms with van der Waals surface area (Å²) >= 11 is 6.81. The van der Waals surface area contributed by atoms with Gasteiger partial charge in [0.25, 0.3) is 0 Å². The average Bonchev–Trinajstić information content (AvgIpc) is 2.74. The number of nitrogens with zero attached hydrogens (tertiary/aromatic N) is 3. The van der Waals surface area contributed by atoms with E-state index in [1.807, 2.05) is 12.1 Å². The van der Waals surface area contributed by atoms with Crippen LogP contribution in [-0.4, -0.2) is 23.2 Å². The van der Waals surface area contributed by atoms with Gasteiger partial charge >= 0.3 is 5.19 Å². The van der Waals surface area contributed by atoms with E-state index in [1.165, 1.54) is 11.8 Å². The number of para-hydroxylation sites is 2. The molecule has 18 heavy (non-hydrogen) atoms. The Hall–Kier alpha value is -1.66. The molecule has 7 heteroatoms. The molecule has 0 aliphatic carbocycles. The predicted octanol–water partition coefficient (Wildman–Crippen LogP) is 2.97. The van der Waals surface area contributed by atoms with Crippen LogP contribution in [0, 0.1) is 0 Å². The predicted molar refractivity (Wildman–Crippen MR) is 70.5 cm³/mol. The molecular weight excluding hydrogens is 274 g/mol. The quantitative estimate of drug-likeness (QED) is 0.869. The molecule has 0 N–H and O–H groups in total. The van der Waals surface area contributed by atoms with Gasteiger partial charge in [0.15, 0.2) is 5.75 Å². The molecule has 0 radical (unpaired) electrons. The van der Waals surface area contributed by atoms with E-state index in [-0.39, 0.29) is 5.91 Å². The van der Waals surface area contributed by atoms with E-state index in [2.05, 4.69) is 10.2 Å². The molecule has 2 rings (SSSR count). The van der Waals surface area contributed by atoms with Gasteiger partial charge in [0.05, 0.1) is 5.69 Å². The van der Waals surface area contributed by atoms with Crippen molar-refractivity contribution in [2.45, 2.75) is 6.92 Å². The fourth-order valence-electron chi connectivity index (χ4n) is 1.32. The summed E-state index contributed by atoms with van der Waals surface area (Å²) in [5.41, 5.74) is 0.663. The van der Waals surface area contributed by atoms with E-state index in [0.717, 1.165) is 11.3 Å². The van der Waals surface area contributed by atoms with Crippen molar-refractivity contribution < 1.29 is 9.53 Å². The first-order valence-electron chi connectivity index (χ1n) is 5.08. The molecule has 0 saturated heterocycles. The molecule has 0 fully saturated rings. The number of rotatable bonds is 3. The lowest BCUT2D eigenvalue weighted by atomic mass is 10.2. The number of aromatic nitrogens is 2. The van der Waals surface area contributed by atoms with Crippen LogP contribution in [0.4, 0.5) is 5.69 Å². The van der Waals surface area contributed by atoms with Crippen LogP contribution >= 0.6 is 22.9 Å². The zero-order chi connectivity index (χ0) is 13.1. The van der Waals surface area contributed by atoms with Crippen LogP contribution in [0.1, 0.15) is 6.92 Å². The van der Waals surface area contributed by atoms with E-state index in [9.17, 15) is 4.79 Å². The van der Waals surface area contributed by atoms with E-state index >= 15 is 0 Å². The minimum atomic E-state index is -0.0821. The van der Waals surface area contributed by atoms with Crippen LogP contribution in [0.25, 0.3) is 0 Å². The lowest BCUT2D eigenvalue weighted by Crippen LogP contribution is -2.23. The number of halogens is 1. The fourth-order valence-corrected chi connectivity index (χ4v) is 1.99. The zero-order valence-electron chi connectivity index (χ0n) is 9.75. The van der Waals surface area contributed by atoms with Gasteiger partial charge in [0.1, 0.15) is 0 Å². The Labute approximate surface area is 113 Å². The van der Waals surface area contributed by atoms with Gasteiger partial charge < -0.3 is 9.64 Å². The van der Waals surface area contributed by atoms with E-state index in [1.54, 1.807) is 19.2 Å². The van der Waals surface area contributed by atoms with Gasteiger partial charge in [-0.1, -0.05) is 17.2 Å². The SMILES string of the molecule is CC(=O)N(C)c1ccccc1Oc1nnc(Cl)s1. The van der Waals surface area contributed by atoms with Gasteiger partial charge in [0.2, 0.25) is 10.4 Å². The summed E-state index contributed by atoms with van der Waals surface area (Å²) in [6, 6.07) is 7.19. The highest BCUT2D eigenvalue weighted by Crippen LogP contribution is 2.33. The van der Waals surface area contributed by atoms with Crippen molar-refractivity contribution in [2.75, 3.05) is 11.9 Å². The average molecular weight is 284 g/mol. The second-order valence-electron chi connectivity index (χ2n) is 3.47. The van der Waals surface area contributed by atoms with Crippen molar-refractivity contribution in [1.29, 1.82) is 0 Å². The molecule has 0 saturated carbocycles. The Bertz CT molecular complexity index is 573. The van der Waals surface area contributed by atoms with Gasteiger partial charge in [0, 0.05) is 14.0 Å². The van der Waals surface area contributed by atoms with Crippen LogP contribution in [0.15, 0.2) is 24.3 Å². The number of anilines is 1. The lowest BCUT2D eigenvalue weighted by Gasteiger charge is -2.17. The topological polar surface area (TPSA) is 55.3 Å². The van der Waals surface area contributed by atoms with Crippen molar-refractivity contribution >= 4 is 34.5 Å². The molecule has 1 aromatic heterocycles. The van der Waals surface area contributed by atoms with Crippen molar-refractivity contribution in [3.8, 4) is 10.9 Å². The first-order valence-corrected chi connectivity index (χ1v) is 6.27. The third kappa shape index (κ3) is 2.77. The zero-order valence-corrected chi connectivity index (χ0v) is 11.3. The van der Waals surface area contributed by atoms with E-state index in [0.29, 0.717) is 21.1 Å². The highest BCUT2D eigenvalue weighted by Gasteiger charge is 2.13. The first kappa shape index (κ1) is 12.8. The highest BCUT2D eigenvalue weighted by atomic mass is 35.5. The van der Waals surface area contributed by atoms with Gasteiger partial charge in [-0.05, 0) is 35.1 Å². The van der Waals surface area contributed by atoms with Crippen molar-refractivity contribution in [2.24, 2.45) is 0 Å². The smallest absolute Gasteiger partial charge is 0.300 e. The second-order valence-corrected chi connectivity index (χ2v) is 4.99. The maximum atomic E-state index is 11.4. The van der Waals surface area contributed by atoms with Crippen LogP contribution in [0.2, 0.25) is 4.47 Å². The second kappa shape index (κ2) is 5.32. The Morgan fingerprint density at radius 2 is 2.11 bits per heavy atom. The van der Waals surface area contributed by atoms with Crippen molar-refractivity contribution in [1.82, 2.24) is 10.2 Å². The molecule has 0 atom stereocenters. The Balaban J connectivity index is 2.30. The minimum Gasteiger partial charge on any atom is -0.428 e. The molecule has 94 valence electrons. The van der Waals surface area contributed by atoms with Crippen LogP contribution < -0.4 is 9.64 Å². The largest absolute Gasteiger partial charge is 0.428 e. The number of hydrogen-bond acceptors (Lipinski definition) is 5. The van der Waals surface area contributed by atoms with Crippen LogP contribution in [-0.2, 0) is 4.79 Å². The molecular formula is C11H10ClN3O2S. The molecule has 2 aromatic rings. The van der Waals surface area contributed by atoms with Crippen LogP contribution in [0.3, 0.4) is 0 Å². The van der Waals surface area contributed by atoms with Gasteiger partial charge in [-0.3, -0.25) is 4.79 Å². The highest BCUT2D eigenvalue weighted by molar-refractivity contribution is 7.17.